The quantitative estimate of drug-likeness (QED) is 0.785. The molecule has 0 saturated carbocycles. The molecule has 94 valence electrons. The highest BCUT2D eigenvalue weighted by molar-refractivity contribution is 5.24. The van der Waals surface area contributed by atoms with E-state index < -0.39 is 23.5 Å². The van der Waals surface area contributed by atoms with Crippen molar-refractivity contribution < 1.29 is 18.6 Å². The minimum absolute atomic E-state index is 0.0851. The maximum absolute atomic E-state index is 13.1. The number of halogens is 2. The summed E-state index contributed by atoms with van der Waals surface area (Å²) in [6.07, 6.45) is 0. The molecule has 1 saturated heterocycles. The number of aliphatic hydroxyl groups is 1. The van der Waals surface area contributed by atoms with Gasteiger partial charge in [0.15, 0.2) is 0 Å². The van der Waals surface area contributed by atoms with E-state index in [1.54, 1.807) is 6.92 Å². The Balaban J connectivity index is 2.37. The van der Waals surface area contributed by atoms with Gasteiger partial charge in [-0.3, -0.25) is 0 Å². The maximum atomic E-state index is 13.1. The van der Waals surface area contributed by atoms with E-state index in [0.29, 0.717) is 0 Å². The Morgan fingerprint density at radius 1 is 1.29 bits per heavy atom. The van der Waals surface area contributed by atoms with Gasteiger partial charge in [0.05, 0.1) is 12.6 Å². The van der Waals surface area contributed by atoms with Gasteiger partial charge in [0.1, 0.15) is 11.6 Å². The first-order valence-electron chi connectivity index (χ1n) is 5.51. The van der Waals surface area contributed by atoms with Crippen LogP contribution < -0.4 is 5.32 Å². The Morgan fingerprint density at radius 3 is 2.41 bits per heavy atom. The topological polar surface area (TPSA) is 41.5 Å². The molecule has 1 fully saturated rings. The fraction of sp³-hybridized carbons (Fsp3) is 0.500. The van der Waals surface area contributed by atoms with Crippen molar-refractivity contribution in [3.8, 4) is 0 Å². The molecule has 3 atom stereocenters. The number of morpholine rings is 1. The number of ether oxygens (including phenoxy) is 1. The molecule has 1 aromatic rings. The molecular formula is C12H15F2NO2. The second-order valence-electron chi connectivity index (χ2n) is 4.45. The van der Waals surface area contributed by atoms with Crippen LogP contribution in [0.1, 0.15) is 19.4 Å². The van der Waals surface area contributed by atoms with Gasteiger partial charge in [-0.05, 0) is 26.0 Å². The normalized spacial score (nSPS) is 33.7. The van der Waals surface area contributed by atoms with Gasteiger partial charge < -0.3 is 15.2 Å². The lowest BCUT2D eigenvalue weighted by molar-refractivity contribution is -0.253. The van der Waals surface area contributed by atoms with E-state index >= 15 is 0 Å². The lowest BCUT2D eigenvalue weighted by Crippen LogP contribution is -2.58. The van der Waals surface area contributed by atoms with Gasteiger partial charge in [-0.25, -0.2) is 8.78 Å². The lowest BCUT2D eigenvalue weighted by Gasteiger charge is -2.41. The highest BCUT2D eigenvalue weighted by Gasteiger charge is 2.41. The zero-order valence-corrected chi connectivity index (χ0v) is 9.71. The number of hydrogen-bond acceptors (Lipinski definition) is 3. The standard InChI is InChI=1S/C12H15F2NO2/c1-7-6-17-12(16,8(2)15-7)9-3-10(13)5-11(14)4-9/h3-5,7-8,15-16H,6H2,1-2H3/t7-,8-,12+/m0/s1. The Morgan fingerprint density at radius 2 is 1.88 bits per heavy atom. The highest BCUT2D eigenvalue weighted by atomic mass is 19.1. The molecule has 17 heavy (non-hydrogen) atoms. The smallest absolute Gasteiger partial charge is 0.208 e. The number of nitrogens with one attached hydrogen (secondary N) is 1. The predicted octanol–water partition coefficient (Wildman–Crippen LogP) is 1.51. The Bertz CT molecular complexity index is 407. The zero-order valence-electron chi connectivity index (χ0n) is 9.71. The van der Waals surface area contributed by atoms with Crippen molar-refractivity contribution in [3.63, 3.8) is 0 Å². The summed E-state index contributed by atoms with van der Waals surface area (Å²) in [6, 6.07) is 2.56. The van der Waals surface area contributed by atoms with Crippen molar-refractivity contribution in [1.29, 1.82) is 0 Å². The van der Waals surface area contributed by atoms with E-state index in [1.807, 2.05) is 6.92 Å². The van der Waals surface area contributed by atoms with Crippen LogP contribution in [0.5, 0.6) is 0 Å². The summed E-state index contributed by atoms with van der Waals surface area (Å²) in [5.41, 5.74) is 0.0851. The molecule has 1 aliphatic rings. The molecule has 0 amide bonds. The molecule has 1 aromatic carbocycles. The Hall–Kier alpha value is -1.04. The third kappa shape index (κ3) is 2.31. The molecule has 2 N–H and O–H groups in total. The van der Waals surface area contributed by atoms with E-state index in [9.17, 15) is 13.9 Å². The summed E-state index contributed by atoms with van der Waals surface area (Å²) in [5, 5.41) is 13.4. The van der Waals surface area contributed by atoms with Crippen LogP contribution in [0.3, 0.4) is 0 Å². The second-order valence-corrected chi connectivity index (χ2v) is 4.45. The second kappa shape index (κ2) is 4.33. The predicted molar refractivity (Wildman–Crippen MR) is 58.3 cm³/mol. The summed E-state index contributed by atoms with van der Waals surface area (Å²) in [6.45, 7) is 3.89. The molecular weight excluding hydrogens is 228 g/mol. The van der Waals surface area contributed by atoms with Crippen LogP contribution in [-0.4, -0.2) is 23.8 Å². The fourth-order valence-corrected chi connectivity index (χ4v) is 2.06. The zero-order chi connectivity index (χ0) is 12.6. The summed E-state index contributed by atoms with van der Waals surface area (Å²) in [7, 11) is 0. The van der Waals surface area contributed by atoms with Gasteiger partial charge in [-0.2, -0.15) is 0 Å². The van der Waals surface area contributed by atoms with Crippen LogP contribution in [0.25, 0.3) is 0 Å². The van der Waals surface area contributed by atoms with Gasteiger partial charge in [0.25, 0.3) is 0 Å². The third-order valence-corrected chi connectivity index (χ3v) is 2.95. The molecule has 0 aromatic heterocycles. The van der Waals surface area contributed by atoms with Gasteiger partial charge in [-0.15, -0.1) is 0 Å². The van der Waals surface area contributed by atoms with Crippen LogP contribution in [0, 0.1) is 11.6 Å². The molecule has 0 unspecified atom stereocenters. The van der Waals surface area contributed by atoms with Crippen LogP contribution in [-0.2, 0) is 10.5 Å². The number of hydrogen-bond donors (Lipinski definition) is 2. The first-order chi connectivity index (χ1) is 7.91. The fourth-order valence-electron chi connectivity index (χ4n) is 2.06. The van der Waals surface area contributed by atoms with E-state index in [1.165, 1.54) is 0 Å². The Labute approximate surface area is 98.4 Å². The largest absolute Gasteiger partial charge is 0.361 e. The Kier molecular flexibility index (Phi) is 3.16. The van der Waals surface area contributed by atoms with E-state index in [0.717, 1.165) is 18.2 Å². The molecule has 0 radical (unpaired) electrons. The van der Waals surface area contributed by atoms with Crippen LogP contribution >= 0.6 is 0 Å². The molecule has 0 bridgehead atoms. The molecule has 3 nitrogen and oxygen atoms in total. The van der Waals surface area contributed by atoms with Gasteiger partial charge in [0, 0.05) is 17.7 Å². The lowest BCUT2D eigenvalue weighted by atomic mass is 9.96. The van der Waals surface area contributed by atoms with Crippen molar-refractivity contribution in [3.05, 3.63) is 35.4 Å². The van der Waals surface area contributed by atoms with E-state index in [2.05, 4.69) is 5.32 Å². The summed E-state index contributed by atoms with van der Waals surface area (Å²) in [4.78, 5) is 0. The van der Waals surface area contributed by atoms with Gasteiger partial charge >= 0.3 is 0 Å². The summed E-state index contributed by atoms with van der Waals surface area (Å²) >= 11 is 0. The average Bonchev–Trinajstić information content (AvgIpc) is 2.22. The van der Waals surface area contributed by atoms with Crippen molar-refractivity contribution in [2.45, 2.75) is 31.7 Å². The number of benzene rings is 1. The van der Waals surface area contributed by atoms with E-state index in [-0.39, 0.29) is 18.2 Å². The molecule has 0 spiro atoms. The van der Waals surface area contributed by atoms with Crippen LogP contribution in [0.15, 0.2) is 18.2 Å². The maximum Gasteiger partial charge on any atom is 0.208 e. The molecule has 5 heteroatoms. The van der Waals surface area contributed by atoms with Crippen LogP contribution in [0.2, 0.25) is 0 Å². The highest BCUT2D eigenvalue weighted by Crippen LogP contribution is 2.30. The summed E-state index contributed by atoms with van der Waals surface area (Å²) < 4.78 is 31.6. The van der Waals surface area contributed by atoms with Crippen molar-refractivity contribution in [2.24, 2.45) is 0 Å². The van der Waals surface area contributed by atoms with Crippen molar-refractivity contribution in [2.75, 3.05) is 6.61 Å². The minimum Gasteiger partial charge on any atom is -0.361 e. The summed E-state index contributed by atoms with van der Waals surface area (Å²) in [5.74, 6) is -3.17. The van der Waals surface area contributed by atoms with Crippen molar-refractivity contribution >= 4 is 0 Å². The molecule has 0 aliphatic carbocycles. The SMILES string of the molecule is C[C@@H]1N[C@@H](C)CO[C@@]1(O)c1cc(F)cc(F)c1. The monoisotopic (exact) mass is 243 g/mol. The van der Waals surface area contributed by atoms with Gasteiger partial charge in [0.2, 0.25) is 5.79 Å². The van der Waals surface area contributed by atoms with Crippen molar-refractivity contribution in [1.82, 2.24) is 5.32 Å². The first-order valence-corrected chi connectivity index (χ1v) is 5.51. The molecule has 1 heterocycles. The molecule has 2 rings (SSSR count). The minimum atomic E-state index is -1.70. The van der Waals surface area contributed by atoms with Gasteiger partial charge in [-0.1, -0.05) is 0 Å². The van der Waals surface area contributed by atoms with Crippen LogP contribution in [0.4, 0.5) is 8.78 Å². The average molecular weight is 243 g/mol. The van der Waals surface area contributed by atoms with E-state index in [4.69, 9.17) is 4.74 Å². The molecule has 1 aliphatic heterocycles. The third-order valence-electron chi connectivity index (χ3n) is 2.95. The first kappa shape index (κ1) is 12.4. The number of rotatable bonds is 1.